The number of hydrogen-bond donors (Lipinski definition) is 0. The molecular formula is C15H21NO. The smallest absolute Gasteiger partial charge is 0.137 e. The minimum Gasteiger partial charge on any atom is -0.299 e. The number of carbonyl (C=O) groups excluding carboxylic acids is 1. The molecule has 0 heterocycles. The monoisotopic (exact) mass is 231 g/mol. The van der Waals surface area contributed by atoms with Gasteiger partial charge in [0.2, 0.25) is 0 Å². The van der Waals surface area contributed by atoms with Crippen LogP contribution in [0.1, 0.15) is 31.7 Å². The molecule has 1 aliphatic rings. The molecule has 1 unspecified atom stereocenters. The maximum absolute atomic E-state index is 11.7. The van der Waals surface area contributed by atoms with Gasteiger partial charge in [0.1, 0.15) is 5.78 Å². The summed E-state index contributed by atoms with van der Waals surface area (Å²) in [5.74, 6) is 0.759. The molecule has 1 saturated carbocycles. The van der Waals surface area contributed by atoms with E-state index in [4.69, 9.17) is 0 Å². The van der Waals surface area contributed by atoms with Crippen LogP contribution in [-0.4, -0.2) is 23.8 Å². The van der Waals surface area contributed by atoms with Crippen molar-refractivity contribution in [3.05, 3.63) is 35.9 Å². The molecule has 2 heteroatoms. The molecule has 1 aromatic carbocycles. The second-order valence-corrected chi connectivity index (χ2v) is 4.87. The number of benzene rings is 1. The number of hydrogen-bond acceptors (Lipinski definition) is 2. The van der Waals surface area contributed by atoms with Crippen molar-refractivity contribution in [2.45, 2.75) is 32.7 Å². The number of carbonyl (C=O) groups is 1. The van der Waals surface area contributed by atoms with E-state index in [0.29, 0.717) is 11.7 Å². The van der Waals surface area contributed by atoms with Gasteiger partial charge in [0, 0.05) is 25.4 Å². The summed E-state index contributed by atoms with van der Waals surface area (Å²) in [6.07, 6.45) is 2.98. The van der Waals surface area contributed by atoms with Gasteiger partial charge in [-0.2, -0.15) is 0 Å². The molecule has 0 aliphatic heterocycles. The SMILES string of the molecule is CCN(Cc1ccccc1)CC1CCCC1=O. The minimum atomic E-state index is 0.290. The molecule has 1 atom stereocenters. The van der Waals surface area contributed by atoms with Crippen LogP contribution in [0.4, 0.5) is 0 Å². The maximum atomic E-state index is 11.7. The van der Waals surface area contributed by atoms with Crippen molar-refractivity contribution in [1.82, 2.24) is 4.90 Å². The third-order valence-electron chi connectivity index (χ3n) is 3.61. The fourth-order valence-corrected chi connectivity index (χ4v) is 2.54. The molecule has 0 spiro atoms. The Morgan fingerprint density at radius 2 is 2.06 bits per heavy atom. The lowest BCUT2D eigenvalue weighted by molar-refractivity contribution is -0.121. The van der Waals surface area contributed by atoms with Crippen molar-refractivity contribution in [2.24, 2.45) is 5.92 Å². The third-order valence-corrected chi connectivity index (χ3v) is 3.61. The zero-order valence-corrected chi connectivity index (χ0v) is 10.6. The highest BCUT2D eigenvalue weighted by molar-refractivity contribution is 5.83. The Labute approximate surface area is 104 Å². The molecule has 0 radical (unpaired) electrons. The summed E-state index contributed by atoms with van der Waals surface area (Å²) in [6.45, 7) is 5.08. The van der Waals surface area contributed by atoms with E-state index in [0.717, 1.165) is 38.9 Å². The Hall–Kier alpha value is -1.15. The third kappa shape index (κ3) is 3.40. The Bertz CT molecular complexity index is 360. The zero-order chi connectivity index (χ0) is 12.1. The summed E-state index contributed by atoms with van der Waals surface area (Å²) in [5, 5.41) is 0. The van der Waals surface area contributed by atoms with Crippen molar-refractivity contribution >= 4 is 5.78 Å². The Morgan fingerprint density at radius 3 is 2.65 bits per heavy atom. The van der Waals surface area contributed by atoms with Crippen molar-refractivity contribution in [3.63, 3.8) is 0 Å². The highest BCUT2D eigenvalue weighted by atomic mass is 16.1. The average Bonchev–Trinajstić information content (AvgIpc) is 2.75. The minimum absolute atomic E-state index is 0.290. The molecule has 2 rings (SSSR count). The highest BCUT2D eigenvalue weighted by Gasteiger charge is 2.25. The summed E-state index contributed by atoms with van der Waals surface area (Å²) in [5.41, 5.74) is 1.33. The summed E-state index contributed by atoms with van der Waals surface area (Å²) in [6, 6.07) is 10.5. The van der Waals surface area contributed by atoms with E-state index in [1.165, 1.54) is 5.56 Å². The summed E-state index contributed by atoms with van der Waals surface area (Å²) in [7, 11) is 0. The predicted octanol–water partition coefficient (Wildman–Crippen LogP) is 2.88. The normalized spacial score (nSPS) is 20.1. The Kier molecular flexibility index (Phi) is 4.32. The predicted molar refractivity (Wildman–Crippen MR) is 69.7 cm³/mol. The van der Waals surface area contributed by atoms with Gasteiger partial charge in [-0.15, -0.1) is 0 Å². The molecule has 1 aliphatic carbocycles. The number of rotatable bonds is 5. The highest BCUT2D eigenvalue weighted by Crippen LogP contribution is 2.22. The van der Waals surface area contributed by atoms with Gasteiger partial charge in [0.25, 0.3) is 0 Å². The van der Waals surface area contributed by atoms with Crippen molar-refractivity contribution in [3.8, 4) is 0 Å². The van der Waals surface area contributed by atoms with Crippen LogP contribution in [0.5, 0.6) is 0 Å². The number of ketones is 1. The second-order valence-electron chi connectivity index (χ2n) is 4.87. The van der Waals surface area contributed by atoms with E-state index < -0.39 is 0 Å². The zero-order valence-electron chi connectivity index (χ0n) is 10.6. The van der Waals surface area contributed by atoms with Crippen LogP contribution >= 0.6 is 0 Å². The summed E-state index contributed by atoms with van der Waals surface area (Å²) < 4.78 is 0. The molecule has 0 N–H and O–H groups in total. The van der Waals surface area contributed by atoms with Gasteiger partial charge in [-0.1, -0.05) is 37.3 Å². The summed E-state index contributed by atoms with van der Waals surface area (Å²) >= 11 is 0. The first-order chi connectivity index (χ1) is 8.29. The van der Waals surface area contributed by atoms with E-state index in [-0.39, 0.29) is 0 Å². The van der Waals surface area contributed by atoms with E-state index in [1.54, 1.807) is 0 Å². The second kappa shape index (κ2) is 5.97. The molecular weight excluding hydrogens is 210 g/mol. The van der Waals surface area contributed by atoms with Crippen LogP contribution < -0.4 is 0 Å². The Balaban J connectivity index is 1.90. The fraction of sp³-hybridized carbons (Fsp3) is 0.533. The Morgan fingerprint density at radius 1 is 1.29 bits per heavy atom. The van der Waals surface area contributed by atoms with Gasteiger partial charge in [0.05, 0.1) is 0 Å². The molecule has 2 nitrogen and oxygen atoms in total. The van der Waals surface area contributed by atoms with Crippen LogP contribution in [0, 0.1) is 5.92 Å². The average molecular weight is 231 g/mol. The molecule has 1 aromatic rings. The first-order valence-electron chi connectivity index (χ1n) is 6.58. The van der Waals surface area contributed by atoms with Crippen LogP contribution in [0.25, 0.3) is 0 Å². The van der Waals surface area contributed by atoms with E-state index in [1.807, 2.05) is 6.07 Å². The molecule has 0 aromatic heterocycles. The number of Topliss-reactive ketones (excluding diaryl/α,β-unsaturated/α-hetero) is 1. The summed E-state index contributed by atoms with van der Waals surface area (Å²) in [4.78, 5) is 14.0. The van der Waals surface area contributed by atoms with Crippen LogP contribution in [-0.2, 0) is 11.3 Å². The largest absolute Gasteiger partial charge is 0.299 e. The first-order valence-corrected chi connectivity index (χ1v) is 6.58. The molecule has 92 valence electrons. The van der Waals surface area contributed by atoms with Gasteiger partial charge in [-0.05, 0) is 24.9 Å². The molecule has 0 saturated heterocycles. The van der Waals surface area contributed by atoms with Gasteiger partial charge < -0.3 is 0 Å². The van der Waals surface area contributed by atoms with Crippen molar-refractivity contribution in [2.75, 3.05) is 13.1 Å². The van der Waals surface area contributed by atoms with Crippen molar-refractivity contribution < 1.29 is 4.79 Å². The van der Waals surface area contributed by atoms with Crippen LogP contribution in [0.3, 0.4) is 0 Å². The number of nitrogens with zero attached hydrogens (tertiary/aromatic N) is 1. The first kappa shape index (κ1) is 12.3. The fourth-order valence-electron chi connectivity index (χ4n) is 2.54. The lowest BCUT2D eigenvalue weighted by atomic mass is 10.1. The van der Waals surface area contributed by atoms with Crippen LogP contribution in [0.15, 0.2) is 30.3 Å². The molecule has 0 bridgehead atoms. The van der Waals surface area contributed by atoms with Crippen LogP contribution in [0.2, 0.25) is 0 Å². The molecule has 0 amide bonds. The van der Waals surface area contributed by atoms with E-state index in [9.17, 15) is 4.79 Å². The lowest BCUT2D eigenvalue weighted by Gasteiger charge is -2.23. The van der Waals surface area contributed by atoms with Gasteiger partial charge >= 0.3 is 0 Å². The van der Waals surface area contributed by atoms with Gasteiger partial charge in [-0.3, -0.25) is 9.69 Å². The topological polar surface area (TPSA) is 20.3 Å². The van der Waals surface area contributed by atoms with E-state index in [2.05, 4.69) is 36.1 Å². The van der Waals surface area contributed by atoms with Gasteiger partial charge in [-0.25, -0.2) is 0 Å². The standard InChI is InChI=1S/C15H21NO/c1-2-16(11-13-7-4-3-5-8-13)12-14-9-6-10-15(14)17/h3-5,7-8,14H,2,6,9-12H2,1H3. The van der Waals surface area contributed by atoms with Gasteiger partial charge in [0.15, 0.2) is 0 Å². The molecule has 1 fully saturated rings. The quantitative estimate of drug-likeness (QED) is 0.776. The van der Waals surface area contributed by atoms with E-state index >= 15 is 0 Å². The maximum Gasteiger partial charge on any atom is 0.137 e. The lowest BCUT2D eigenvalue weighted by Crippen LogP contribution is -2.30. The van der Waals surface area contributed by atoms with Crippen molar-refractivity contribution in [1.29, 1.82) is 0 Å². The molecule has 17 heavy (non-hydrogen) atoms.